The van der Waals surface area contributed by atoms with Crippen LogP contribution >= 0.6 is 11.3 Å². The van der Waals surface area contributed by atoms with Crippen molar-refractivity contribution in [2.75, 3.05) is 4.90 Å². The minimum Gasteiger partial charge on any atom is -0.456 e. The van der Waals surface area contributed by atoms with Gasteiger partial charge in [-0.3, -0.25) is 0 Å². The Labute approximate surface area is 329 Å². The topological polar surface area (TPSA) is 16.4 Å². The fourth-order valence-corrected chi connectivity index (χ4v) is 11.4. The highest BCUT2D eigenvalue weighted by Gasteiger charge is 2.42. The van der Waals surface area contributed by atoms with Crippen molar-refractivity contribution in [1.29, 1.82) is 0 Å². The lowest BCUT2D eigenvalue weighted by Crippen LogP contribution is -2.22. The van der Waals surface area contributed by atoms with Crippen molar-refractivity contribution in [1.82, 2.24) is 0 Å². The number of anilines is 3. The summed E-state index contributed by atoms with van der Waals surface area (Å²) in [6, 6.07) is 62.8. The minimum absolute atomic E-state index is 0.115. The summed E-state index contributed by atoms with van der Waals surface area (Å²) in [6.07, 6.45) is 0. The molecule has 2 heterocycles. The fraction of sp³-hybridized carbons (Fsp3) is 0.0943. The van der Waals surface area contributed by atoms with Crippen LogP contribution in [0.5, 0.6) is 0 Å². The van der Waals surface area contributed by atoms with Crippen LogP contribution in [0.3, 0.4) is 0 Å². The number of nitrogens with zero attached hydrogens (tertiary/aromatic N) is 1. The third-order valence-corrected chi connectivity index (χ3v) is 14.1. The Hall–Kier alpha value is -6.42. The zero-order valence-electron chi connectivity index (χ0n) is 31.4. The monoisotopic (exact) mass is 735 g/mol. The molecule has 0 saturated heterocycles. The van der Waals surface area contributed by atoms with Gasteiger partial charge < -0.3 is 9.32 Å². The Morgan fingerprint density at radius 3 is 1.73 bits per heavy atom. The number of hydrogen-bond acceptors (Lipinski definition) is 3. The summed E-state index contributed by atoms with van der Waals surface area (Å²) in [4.78, 5) is 2.42. The van der Waals surface area contributed by atoms with Crippen LogP contribution in [0.2, 0.25) is 0 Å². The number of fused-ring (bicyclic) bond motifs is 12. The molecule has 0 spiro atoms. The van der Waals surface area contributed by atoms with Gasteiger partial charge in [0, 0.05) is 64.9 Å². The van der Waals surface area contributed by atoms with E-state index in [1.807, 2.05) is 11.3 Å². The van der Waals surface area contributed by atoms with E-state index in [1.54, 1.807) is 0 Å². The molecule has 0 fully saturated rings. The van der Waals surface area contributed by atoms with Crippen molar-refractivity contribution in [3.05, 3.63) is 198 Å². The van der Waals surface area contributed by atoms with Crippen molar-refractivity contribution in [3.8, 4) is 22.3 Å². The second-order valence-corrected chi connectivity index (χ2v) is 17.3. The van der Waals surface area contributed by atoms with E-state index in [1.165, 1.54) is 75.6 Å². The fourth-order valence-electron chi connectivity index (χ4n) is 10.2. The Kier molecular flexibility index (Phi) is 6.44. The highest BCUT2D eigenvalue weighted by atomic mass is 32.1. The molecular formula is C53H37NOS. The summed E-state index contributed by atoms with van der Waals surface area (Å²) in [6.45, 7) is 7.10. The summed E-state index contributed by atoms with van der Waals surface area (Å²) in [5, 5.41) is 4.92. The van der Waals surface area contributed by atoms with Crippen LogP contribution in [0.15, 0.2) is 174 Å². The molecule has 0 unspecified atom stereocenters. The summed E-state index contributed by atoms with van der Waals surface area (Å²) in [7, 11) is 0. The quantitative estimate of drug-likeness (QED) is 0.179. The Morgan fingerprint density at radius 2 is 0.964 bits per heavy atom. The average molecular weight is 736 g/mol. The molecule has 0 radical (unpaired) electrons. The van der Waals surface area contributed by atoms with Crippen LogP contribution in [0, 0.1) is 0 Å². The van der Waals surface area contributed by atoms with Crippen LogP contribution in [0.4, 0.5) is 17.1 Å². The highest BCUT2D eigenvalue weighted by Crippen LogP contribution is 2.55. The Bertz CT molecular complexity index is 3220. The van der Waals surface area contributed by atoms with E-state index in [2.05, 4.69) is 196 Å². The molecule has 12 rings (SSSR count). The number of hydrogen-bond donors (Lipinski definition) is 0. The maximum Gasteiger partial charge on any atom is 0.137 e. The van der Waals surface area contributed by atoms with Crippen LogP contribution in [0.1, 0.15) is 48.6 Å². The van der Waals surface area contributed by atoms with Gasteiger partial charge in [0.05, 0.1) is 0 Å². The molecule has 2 nitrogen and oxygen atoms in total. The van der Waals surface area contributed by atoms with E-state index in [9.17, 15) is 0 Å². The molecule has 0 bridgehead atoms. The van der Waals surface area contributed by atoms with Crippen molar-refractivity contribution in [2.24, 2.45) is 0 Å². The first-order valence-electron chi connectivity index (χ1n) is 19.5. The third kappa shape index (κ3) is 4.21. The first-order chi connectivity index (χ1) is 27.4. The largest absolute Gasteiger partial charge is 0.456 e. The molecule has 56 heavy (non-hydrogen) atoms. The van der Waals surface area contributed by atoms with E-state index >= 15 is 0 Å². The third-order valence-electron chi connectivity index (χ3n) is 12.9. The van der Waals surface area contributed by atoms with Crippen molar-refractivity contribution >= 4 is 70.5 Å². The number of benzene rings is 8. The van der Waals surface area contributed by atoms with Gasteiger partial charge in [0.25, 0.3) is 0 Å². The lowest BCUT2D eigenvalue weighted by atomic mass is 9.73. The smallest absolute Gasteiger partial charge is 0.137 e. The molecular weight excluding hydrogens is 699 g/mol. The van der Waals surface area contributed by atoms with Gasteiger partial charge in [-0.1, -0.05) is 129 Å². The molecule has 8 aromatic carbocycles. The van der Waals surface area contributed by atoms with Crippen molar-refractivity contribution < 1.29 is 4.42 Å². The van der Waals surface area contributed by atoms with Crippen LogP contribution in [-0.2, 0) is 10.8 Å². The molecule has 2 aliphatic rings. The van der Waals surface area contributed by atoms with Crippen molar-refractivity contribution in [2.45, 2.75) is 31.6 Å². The molecule has 2 aromatic heterocycles. The predicted molar refractivity (Wildman–Crippen MR) is 236 cm³/mol. The van der Waals surface area contributed by atoms with Gasteiger partial charge in [0.15, 0.2) is 0 Å². The molecule has 0 atom stereocenters. The average Bonchev–Trinajstić information content (AvgIpc) is 3.94. The van der Waals surface area contributed by atoms with E-state index in [0.717, 1.165) is 33.6 Å². The number of furan rings is 1. The van der Waals surface area contributed by atoms with E-state index in [0.29, 0.717) is 0 Å². The predicted octanol–water partition coefficient (Wildman–Crippen LogP) is 15.1. The SMILES string of the molecule is CC1(C)c2ccccc2-c2ccc(N(c3ccc4c(c3)oc3cccc(C5(C)c6ccccc6-c6ccccc65)c34)c3ccc4c(c3)sc3ccccc34)cc21. The van der Waals surface area contributed by atoms with Gasteiger partial charge in [-0.05, 0) is 106 Å². The molecule has 3 heteroatoms. The van der Waals surface area contributed by atoms with Gasteiger partial charge in [-0.25, -0.2) is 0 Å². The van der Waals surface area contributed by atoms with Crippen LogP contribution in [-0.4, -0.2) is 0 Å². The second kappa shape index (κ2) is 11.3. The van der Waals surface area contributed by atoms with E-state index in [-0.39, 0.29) is 10.8 Å². The Morgan fingerprint density at radius 1 is 0.411 bits per heavy atom. The van der Waals surface area contributed by atoms with Crippen LogP contribution in [0.25, 0.3) is 64.4 Å². The maximum atomic E-state index is 6.87. The molecule has 0 N–H and O–H groups in total. The summed E-state index contributed by atoms with van der Waals surface area (Å²) < 4.78 is 9.46. The van der Waals surface area contributed by atoms with Gasteiger partial charge in [0.1, 0.15) is 11.2 Å². The normalized spacial score (nSPS) is 14.6. The van der Waals surface area contributed by atoms with Gasteiger partial charge >= 0.3 is 0 Å². The number of thiophene rings is 1. The maximum absolute atomic E-state index is 6.87. The lowest BCUT2D eigenvalue weighted by molar-refractivity contribution is 0.660. The standard InChI is InChI=1S/C53H37NOS/c1-52(2)42-17-8-4-13-35(42)38-26-23-32(29-46(38)52)54(34-24-27-40-39-16-7-11-22-49(39)56-50(40)31-34)33-25-28-41-48(30-33)55-47-21-12-20-45(51(41)47)53(3)43-18-9-5-14-36(43)37-15-6-10-19-44(37)53/h4-31H,1-3H3. The first-order valence-corrected chi connectivity index (χ1v) is 20.3. The second-order valence-electron chi connectivity index (χ2n) is 16.2. The molecule has 2 aliphatic carbocycles. The first kappa shape index (κ1) is 31.9. The van der Waals surface area contributed by atoms with Gasteiger partial charge in [0.2, 0.25) is 0 Å². The molecule has 0 amide bonds. The molecule has 266 valence electrons. The lowest BCUT2D eigenvalue weighted by Gasteiger charge is -2.29. The van der Waals surface area contributed by atoms with Crippen molar-refractivity contribution in [3.63, 3.8) is 0 Å². The number of rotatable bonds is 4. The Balaban J connectivity index is 1.07. The summed E-state index contributed by atoms with van der Waals surface area (Å²) in [5.74, 6) is 0. The summed E-state index contributed by atoms with van der Waals surface area (Å²) >= 11 is 1.86. The van der Waals surface area contributed by atoms with Gasteiger partial charge in [-0.15, -0.1) is 11.3 Å². The minimum atomic E-state index is -0.331. The zero-order chi connectivity index (χ0) is 37.3. The molecule has 0 saturated carbocycles. The van der Waals surface area contributed by atoms with Crippen LogP contribution < -0.4 is 4.90 Å². The zero-order valence-corrected chi connectivity index (χ0v) is 32.2. The molecule has 0 aliphatic heterocycles. The van der Waals surface area contributed by atoms with Gasteiger partial charge in [-0.2, -0.15) is 0 Å². The van der Waals surface area contributed by atoms with E-state index in [4.69, 9.17) is 4.42 Å². The summed E-state index contributed by atoms with van der Waals surface area (Å²) in [5.41, 5.74) is 16.6. The molecule has 10 aromatic rings. The highest BCUT2D eigenvalue weighted by molar-refractivity contribution is 7.25. The van der Waals surface area contributed by atoms with E-state index < -0.39 is 0 Å².